The first kappa shape index (κ1) is 16.4. The van der Waals surface area contributed by atoms with Crippen LogP contribution in [0.4, 0.5) is 0 Å². The van der Waals surface area contributed by atoms with Gasteiger partial charge in [0.25, 0.3) is 0 Å². The molecule has 1 aromatic heterocycles. The molecule has 0 aromatic carbocycles. The Kier molecular flexibility index (Phi) is 5.74. The molecule has 1 aliphatic heterocycles. The highest BCUT2D eigenvalue weighted by molar-refractivity contribution is 7.89. The van der Waals surface area contributed by atoms with Crippen molar-refractivity contribution < 1.29 is 8.42 Å². The average Bonchev–Trinajstić information content (AvgIpc) is 3.04. The van der Waals surface area contributed by atoms with Gasteiger partial charge in [0.05, 0.1) is 12.7 Å². The fraction of sp³-hybridized carbons (Fsp3) is 0.769. The van der Waals surface area contributed by atoms with E-state index in [9.17, 15) is 8.42 Å². The van der Waals surface area contributed by atoms with Crippen LogP contribution in [-0.2, 0) is 16.6 Å². The van der Waals surface area contributed by atoms with Crippen LogP contribution < -0.4 is 10.0 Å². The van der Waals surface area contributed by atoms with E-state index in [0.717, 1.165) is 39.0 Å². The highest BCUT2D eigenvalue weighted by atomic mass is 32.2. The van der Waals surface area contributed by atoms with Gasteiger partial charge in [-0.25, -0.2) is 13.1 Å². The van der Waals surface area contributed by atoms with E-state index in [1.165, 1.54) is 6.20 Å². The first-order chi connectivity index (χ1) is 10.0. The lowest BCUT2D eigenvalue weighted by atomic mass is 10.3. The third-order valence-electron chi connectivity index (χ3n) is 3.58. The van der Waals surface area contributed by atoms with E-state index in [1.807, 2.05) is 7.05 Å². The maximum atomic E-state index is 12.3. The van der Waals surface area contributed by atoms with Gasteiger partial charge < -0.3 is 10.2 Å². The summed E-state index contributed by atoms with van der Waals surface area (Å²) in [4.78, 5) is 2.36. The summed E-state index contributed by atoms with van der Waals surface area (Å²) >= 11 is 0. The topological polar surface area (TPSA) is 79.3 Å². The van der Waals surface area contributed by atoms with Gasteiger partial charge in [-0.15, -0.1) is 0 Å². The molecule has 1 saturated heterocycles. The van der Waals surface area contributed by atoms with Gasteiger partial charge in [-0.05, 0) is 33.0 Å². The molecule has 1 aromatic rings. The highest BCUT2D eigenvalue weighted by Gasteiger charge is 2.26. The molecule has 1 aliphatic rings. The minimum Gasteiger partial charge on any atom is -0.315 e. The minimum absolute atomic E-state index is 0.00503. The lowest BCUT2D eigenvalue weighted by Gasteiger charge is -2.12. The molecular weight excluding hydrogens is 290 g/mol. The van der Waals surface area contributed by atoms with Gasteiger partial charge in [-0.1, -0.05) is 6.92 Å². The molecule has 0 amide bonds. The van der Waals surface area contributed by atoms with Crippen molar-refractivity contribution in [2.45, 2.75) is 37.2 Å². The number of likely N-dealkylation sites (tertiary alicyclic amines) is 1. The lowest BCUT2D eigenvalue weighted by molar-refractivity contribution is 0.407. The molecule has 0 spiro atoms. The zero-order chi connectivity index (χ0) is 15.3. The molecule has 0 saturated carbocycles. The molecule has 8 heteroatoms. The van der Waals surface area contributed by atoms with Crippen LogP contribution in [-0.4, -0.2) is 62.4 Å². The number of nitrogens with one attached hydrogen (secondary N) is 2. The molecule has 120 valence electrons. The zero-order valence-electron chi connectivity index (χ0n) is 12.7. The summed E-state index contributed by atoms with van der Waals surface area (Å²) in [6.45, 7) is 6.21. The molecule has 1 atom stereocenters. The van der Waals surface area contributed by atoms with Crippen molar-refractivity contribution in [3.63, 3.8) is 0 Å². The summed E-state index contributed by atoms with van der Waals surface area (Å²) in [7, 11) is -1.47. The highest BCUT2D eigenvalue weighted by Crippen LogP contribution is 2.12. The molecule has 7 nitrogen and oxygen atoms in total. The lowest BCUT2D eigenvalue weighted by Crippen LogP contribution is -2.36. The van der Waals surface area contributed by atoms with Crippen LogP contribution in [0.5, 0.6) is 0 Å². The molecule has 1 unspecified atom stereocenters. The third-order valence-corrected chi connectivity index (χ3v) is 5.05. The standard InChI is InChI=1S/C13H25N5O2S/c1-3-5-14-6-8-18-11-13(9-15-18)21(19,20)16-12-4-7-17(2)10-12/h9,11-12,14,16H,3-8,10H2,1-2H3. The van der Waals surface area contributed by atoms with Gasteiger partial charge in [-0.3, -0.25) is 4.68 Å². The Labute approximate surface area is 126 Å². The summed E-state index contributed by atoms with van der Waals surface area (Å²) < 4.78 is 29.0. The predicted octanol–water partition coefficient (Wildman–Crippen LogP) is -0.135. The second-order valence-corrected chi connectivity index (χ2v) is 7.27. The fourth-order valence-electron chi connectivity index (χ4n) is 2.42. The first-order valence-corrected chi connectivity index (χ1v) is 8.93. The van der Waals surface area contributed by atoms with E-state index in [0.29, 0.717) is 6.54 Å². The monoisotopic (exact) mass is 315 g/mol. The Hall–Kier alpha value is -0.960. The van der Waals surface area contributed by atoms with Crippen LogP contribution in [0.25, 0.3) is 0 Å². The number of nitrogens with zero attached hydrogens (tertiary/aromatic N) is 3. The zero-order valence-corrected chi connectivity index (χ0v) is 13.6. The van der Waals surface area contributed by atoms with Gasteiger partial charge in [0, 0.05) is 25.3 Å². The molecule has 0 bridgehead atoms. The number of aromatic nitrogens is 2. The second-order valence-electron chi connectivity index (χ2n) is 5.56. The normalized spacial score (nSPS) is 20.2. The molecule has 1 fully saturated rings. The smallest absolute Gasteiger partial charge is 0.243 e. The van der Waals surface area contributed by atoms with Gasteiger partial charge >= 0.3 is 0 Å². The van der Waals surface area contributed by atoms with Gasteiger partial charge in [0.1, 0.15) is 4.90 Å². The predicted molar refractivity (Wildman–Crippen MR) is 81.6 cm³/mol. The number of rotatable bonds is 8. The van der Waals surface area contributed by atoms with Crippen LogP contribution in [0.1, 0.15) is 19.8 Å². The van der Waals surface area contributed by atoms with Crippen molar-refractivity contribution in [3.05, 3.63) is 12.4 Å². The molecule has 2 N–H and O–H groups in total. The molecule has 2 rings (SSSR count). The van der Waals surface area contributed by atoms with Crippen LogP contribution >= 0.6 is 0 Å². The quantitative estimate of drug-likeness (QED) is 0.653. The van der Waals surface area contributed by atoms with Crippen molar-refractivity contribution in [3.8, 4) is 0 Å². The Morgan fingerprint density at radius 2 is 2.24 bits per heavy atom. The Morgan fingerprint density at radius 1 is 1.43 bits per heavy atom. The molecule has 2 heterocycles. The summed E-state index contributed by atoms with van der Waals surface area (Å²) in [5.41, 5.74) is 0. The SMILES string of the molecule is CCCNCCn1cc(S(=O)(=O)NC2CCN(C)C2)cn1. The minimum atomic E-state index is -3.46. The van der Waals surface area contributed by atoms with E-state index in [4.69, 9.17) is 0 Å². The molecular formula is C13H25N5O2S. The Morgan fingerprint density at radius 3 is 2.90 bits per heavy atom. The van der Waals surface area contributed by atoms with Crippen molar-refractivity contribution in [2.75, 3.05) is 33.2 Å². The second kappa shape index (κ2) is 7.35. The average molecular weight is 315 g/mol. The molecule has 21 heavy (non-hydrogen) atoms. The van der Waals surface area contributed by atoms with E-state index < -0.39 is 10.0 Å². The fourth-order valence-corrected chi connectivity index (χ4v) is 3.63. The number of hydrogen-bond acceptors (Lipinski definition) is 5. The Bertz CT molecular complexity index is 543. The maximum Gasteiger partial charge on any atom is 0.243 e. The first-order valence-electron chi connectivity index (χ1n) is 7.45. The maximum absolute atomic E-state index is 12.3. The summed E-state index contributed by atoms with van der Waals surface area (Å²) in [5, 5.41) is 7.38. The van der Waals surface area contributed by atoms with Gasteiger partial charge in [0.15, 0.2) is 0 Å². The van der Waals surface area contributed by atoms with Crippen LogP contribution in [0.15, 0.2) is 17.3 Å². The van der Waals surface area contributed by atoms with E-state index >= 15 is 0 Å². The number of hydrogen-bond donors (Lipinski definition) is 2. The summed E-state index contributed by atoms with van der Waals surface area (Å²) in [5.74, 6) is 0. The van der Waals surface area contributed by atoms with Crippen molar-refractivity contribution >= 4 is 10.0 Å². The van der Waals surface area contributed by atoms with E-state index in [-0.39, 0.29) is 10.9 Å². The van der Waals surface area contributed by atoms with Crippen LogP contribution in [0.2, 0.25) is 0 Å². The Balaban J connectivity index is 1.89. The van der Waals surface area contributed by atoms with Crippen molar-refractivity contribution in [1.82, 2.24) is 24.7 Å². The third kappa shape index (κ3) is 4.77. The van der Waals surface area contributed by atoms with E-state index in [2.05, 4.69) is 27.0 Å². The molecule has 0 radical (unpaired) electrons. The number of sulfonamides is 1. The van der Waals surface area contributed by atoms with Crippen molar-refractivity contribution in [2.24, 2.45) is 0 Å². The van der Waals surface area contributed by atoms with Crippen LogP contribution in [0, 0.1) is 0 Å². The van der Waals surface area contributed by atoms with Crippen molar-refractivity contribution in [1.29, 1.82) is 0 Å². The van der Waals surface area contributed by atoms with Gasteiger partial charge in [0.2, 0.25) is 10.0 Å². The van der Waals surface area contributed by atoms with Crippen LogP contribution in [0.3, 0.4) is 0 Å². The summed E-state index contributed by atoms with van der Waals surface area (Å²) in [6.07, 6.45) is 4.94. The largest absolute Gasteiger partial charge is 0.315 e. The van der Waals surface area contributed by atoms with E-state index in [1.54, 1.807) is 10.9 Å². The molecule has 0 aliphatic carbocycles. The van der Waals surface area contributed by atoms with Gasteiger partial charge in [-0.2, -0.15) is 5.10 Å². The number of likely N-dealkylation sites (N-methyl/N-ethyl adjacent to an activating group) is 1. The summed E-state index contributed by atoms with van der Waals surface area (Å²) in [6, 6.07) is -0.00503.